The molecule has 24 heteroatoms. The van der Waals surface area contributed by atoms with Gasteiger partial charge in [-0.05, 0) is 22.0 Å². The number of rotatable bonds is 5. The molecule has 0 saturated heterocycles. The van der Waals surface area contributed by atoms with Crippen molar-refractivity contribution in [2.45, 2.75) is 12.4 Å². The molecule has 44 heavy (non-hydrogen) atoms. The van der Waals surface area contributed by atoms with Crippen molar-refractivity contribution in [3.63, 3.8) is 0 Å². The van der Waals surface area contributed by atoms with Crippen molar-refractivity contribution in [1.29, 1.82) is 0 Å². The predicted molar refractivity (Wildman–Crippen MR) is 140 cm³/mol. The Labute approximate surface area is 252 Å². The molecule has 0 fully saturated rings. The number of anilines is 4. The number of halogens is 8. The number of carbonyl (C=O) groups excluding carboxylic acids is 3. The first-order chi connectivity index (χ1) is 20.4. The van der Waals surface area contributed by atoms with Crippen LogP contribution in [0, 0.1) is 0 Å². The average molecular weight is 716 g/mol. The van der Waals surface area contributed by atoms with Gasteiger partial charge >= 0.3 is 18.3 Å². The molecule has 0 atom stereocenters. The Balaban J connectivity index is 0.000000244. The van der Waals surface area contributed by atoms with Gasteiger partial charge in [-0.1, -0.05) is 11.6 Å². The number of aromatic nitrogens is 8. The first-order valence-electron chi connectivity index (χ1n) is 11.0. The highest BCUT2D eigenvalue weighted by atomic mass is 79.9. The topological polar surface area (TPSA) is 245 Å². The van der Waals surface area contributed by atoms with Crippen LogP contribution in [0.5, 0.6) is 0 Å². The summed E-state index contributed by atoms with van der Waals surface area (Å²) in [4.78, 5) is 48.5. The van der Waals surface area contributed by atoms with Gasteiger partial charge in [0.25, 0.3) is 11.8 Å². The molecule has 0 spiro atoms. The number of pyridine rings is 1. The van der Waals surface area contributed by atoms with E-state index in [4.69, 9.17) is 23.1 Å². The molecule has 0 aliphatic heterocycles. The standard InChI is InChI=1S/C10H7BrF3N7O3.C10H7ClF3N5O/c1-24-8(23)6-18-9(21-20-6)19-7(22)2-5(15)17-3(4(11)16-2)10(12,13)14;11-8-4(10(12,13)14)3-5(15)7(18-8)9(20)17-6-1-2-16-19-6/h1H3,(H2,15,17)(H2,18,19,20,21,22);1-3H,15H2,(H2,16,17,19,20). The molecule has 0 aromatic carbocycles. The third kappa shape index (κ3) is 8.06. The number of nitrogens with two attached hydrogens (primary N) is 2. The molecule has 16 nitrogen and oxygen atoms in total. The Hall–Kier alpha value is -5.06. The maximum atomic E-state index is 12.7. The third-order valence-corrected chi connectivity index (χ3v) is 5.57. The molecular weight excluding hydrogens is 702 g/mol. The minimum atomic E-state index is -4.80. The average Bonchev–Trinajstić information content (AvgIpc) is 3.62. The SMILES string of the molecule is COC(=O)c1nc(NC(=O)c2nc(Br)c(C(F)(F)F)nc2N)n[nH]1.Nc1cc(C(F)(F)F)c(Cl)nc1C(=O)Nc1ccn[nH]1. The molecule has 8 N–H and O–H groups in total. The van der Waals surface area contributed by atoms with Gasteiger partial charge in [-0.15, -0.1) is 5.10 Å². The van der Waals surface area contributed by atoms with Crippen molar-refractivity contribution in [1.82, 2.24) is 40.3 Å². The molecule has 234 valence electrons. The Bertz CT molecular complexity index is 1700. The molecule has 0 unspecified atom stereocenters. The van der Waals surface area contributed by atoms with Crippen molar-refractivity contribution in [2.24, 2.45) is 0 Å². The van der Waals surface area contributed by atoms with Gasteiger partial charge in [0, 0.05) is 6.07 Å². The lowest BCUT2D eigenvalue weighted by Gasteiger charge is -2.11. The number of nitrogens with zero attached hydrogens (tertiary/aromatic N) is 6. The summed E-state index contributed by atoms with van der Waals surface area (Å²) in [6.07, 6.45) is -8.11. The zero-order valence-electron chi connectivity index (χ0n) is 21.2. The lowest BCUT2D eigenvalue weighted by atomic mass is 10.2. The molecule has 0 aliphatic rings. The Kier molecular flexibility index (Phi) is 9.93. The number of methoxy groups -OCH3 is 1. The van der Waals surface area contributed by atoms with Crippen molar-refractivity contribution < 1.29 is 45.5 Å². The summed E-state index contributed by atoms with van der Waals surface area (Å²) in [6.45, 7) is 0. The number of alkyl halides is 6. The van der Waals surface area contributed by atoms with Crippen LogP contribution in [0.25, 0.3) is 0 Å². The molecule has 4 heterocycles. The smallest absolute Gasteiger partial charge is 0.436 e. The molecule has 4 aromatic rings. The maximum Gasteiger partial charge on any atom is 0.436 e. The van der Waals surface area contributed by atoms with E-state index in [2.05, 4.69) is 71.6 Å². The minimum absolute atomic E-state index is 0.243. The molecule has 4 rings (SSSR count). The van der Waals surface area contributed by atoms with Crippen LogP contribution in [0.1, 0.15) is 42.9 Å². The molecule has 0 bridgehead atoms. The summed E-state index contributed by atoms with van der Waals surface area (Å²) in [5.74, 6) is -3.79. The van der Waals surface area contributed by atoms with E-state index in [0.29, 0.717) is 6.07 Å². The second-order valence-corrected chi connectivity index (χ2v) is 8.84. The van der Waals surface area contributed by atoms with Crippen LogP contribution in [-0.4, -0.2) is 65.2 Å². The zero-order chi connectivity index (χ0) is 33.0. The van der Waals surface area contributed by atoms with Crippen molar-refractivity contribution in [3.05, 3.63) is 56.6 Å². The second kappa shape index (κ2) is 13.1. The van der Waals surface area contributed by atoms with Gasteiger partial charge in [0.15, 0.2) is 22.9 Å². The highest BCUT2D eigenvalue weighted by molar-refractivity contribution is 9.10. The number of hydrogen-bond donors (Lipinski definition) is 6. The van der Waals surface area contributed by atoms with Crippen molar-refractivity contribution >= 4 is 68.6 Å². The van der Waals surface area contributed by atoms with Crippen LogP contribution in [0.15, 0.2) is 22.9 Å². The third-order valence-electron chi connectivity index (χ3n) is 4.73. The number of nitrogens with one attached hydrogen (secondary N) is 4. The number of ether oxygens (including phenoxy) is 1. The predicted octanol–water partition coefficient (Wildman–Crippen LogP) is 3.31. The molecule has 4 aromatic heterocycles. The number of esters is 1. The molecule has 0 aliphatic carbocycles. The van der Waals surface area contributed by atoms with Gasteiger partial charge in [-0.2, -0.15) is 36.4 Å². The van der Waals surface area contributed by atoms with E-state index in [1.807, 2.05) is 0 Å². The first-order valence-corrected chi connectivity index (χ1v) is 12.2. The largest absolute Gasteiger partial charge is 0.463 e. The van der Waals surface area contributed by atoms with Crippen LogP contribution in [0.4, 0.5) is 49.6 Å². The van der Waals surface area contributed by atoms with Gasteiger partial charge < -0.3 is 21.5 Å². The maximum absolute atomic E-state index is 12.7. The van der Waals surface area contributed by atoms with Crippen molar-refractivity contribution in [2.75, 3.05) is 29.2 Å². The normalized spacial score (nSPS) is 11.3. The van der Waals surface area contributed by atoms with Gasteiger partial charge in [0.05, 0.1) is 24.6 Å². The number of nitrogen functional groups attached to an aromatic ring is 2. The van der Waals surface area contributed by atoms with E-state index < -0.39 is 74.0 Å². The summed E-state index contributed by atoms with van der Waals surface area (Å²) in [5.41, 5.74) is 6.75. The fourth-order valence-electron chi connectivity index (χ4n) is 2.84. The lowest BCUT2D eigenvalue weighted by Crippen LogP contribution is -2.21. The Morgan fingerprint density at radius 2 is 1.61 bits per heavy atom. The van der Waals surface area contributed by atoms with Crippen LogP contribution in [0.3, 0.4) is 0 Å². The Morgan fingerprint density at radius 1 is 0.955 bits per heavy atom. The fraction of sp³-hybridized carbons (Fsp3) is 0.150. The molecule has 0 saturated carbocycles. The van der Waals surface area contributed by atoms with E-state index >= 15 is 0 Å². The number of H-pyrrole nitrogens is 2. The Morgan fingerprint density at radius 3 is 2.18 bits per heavy atom. The quantitative estimate of drug-likeness (QED) is 0.0990. The summed E-state index contributed by atoms with van der Waals surface area (Å²) in [6, 6.07) is 2.01. The summed E-state index contributed by atoms with van der Waals surface area (Å²) in [5, 5.41) is 15.3. The highest BCUT2D eigenvalue weighted by Crippen LogP contribution is 2.36. The summed E-state index contributed by atoms with van der Waals surface area (Å²) >= 11 is 8.00. The fourth-order valence-corrected chi connectivity index (χ4v) is 3.57. The lowest BCUT2D eigenvalue weighted by molar-refractivity contribution is -0.142. The number of aromatic amines is 2. The van der Waals surface area contributed by atoms with Crippen LogP contribution >= 0.6 is 27.5 Å². The monoisotopic (exact) mass is 714 g/mol. The highest BCUT2D eigenvalue weighted by Gasteiger charge is 2.37. The van der Waals surface area contributed by atoms with E-state index in [0.717, 1.165) is 7.11 Å². The van der Waals surface area contributed by atoms with E-state index in [-0.39, 0.29) is 17.6 Å². The summed E-state index contributed by atoms with van der Waals surface area (Å²) < 4.78 is 79.4. The number of amides is 2. The van der Waals surface area contributed by atoms with Crippen LogP contribution in [-0.2, 0) is 17.1 Å². The zero-order valence-corrected chi connectivity index (χ0v) is 23.6. The van der Waals surface area contributed by atoms with Crippen LogP contribution in [0.2, 0.25) is 5.15 Å². The van der Waals surface area contributed by atoms with Crippen molar-refractivity contribution in [3.8, 4) is 0 Å². The first kappa shape index (κ1) is 33.4. The second-order valence-electron chi connectivity index (χ2n) is 7.73. The van der Waals surface area contributed by atoms with E-state index in [1.165, 1.54) is 12.3 Å². The van der Waals surface area contributed by atoms with Gasteiger partial charge in [-0.25, -0.2) is 19.7 Å². The summed E-state index contributed by atoms with van der Waals surface area (Å²) in [7, 11) is 1.11. The van der Waals surface area contributed by atoms with Gasteiger partial charge in [0.1, 0.15) is 15.6 Å². The van der Waals surface area contributed by atoms with Gasteiger partial charge in [0.2, 0.25) is 11.8 Å². The van der Waals surface area contributed by atoms with E-state index in [1.54, 1.807) is 0 Å². The number of hydrogen-bond acceptors (Lipinski definition) is 12. The van der Waals surface area contributed by atoms with Crippen LogP contribution < -0.4 is 22.1 Å². The molecule has 2 amide bonds. The number of carbonyl (C=O) groups is 3. The molecule has 0 radical (unpaired) electrons. The van der Waals surface area contributed by atoms with Gasteiger partial charge in [-0.3, -0.25) is 25.1 Å². The minimum Gasteiger partial charge on any atom is -0.463 e. The molecular formula is C20H14BrClF6N12O4. The van der Waals surface area contributed by atoms with E-state index in [9.17, 15) is 40.7 Å².